The molecule has 0 radical (unpaired) electrons. The minimum atomic E-state index is -3.53. The van der Waals surface area contributed by atoms with Gasteiger partial charge in [0.2, 0.25) is 10.0 Å². The third-order valence-corrected chi connectivity index (χ3v) is 7.54. The van der Waals surface area contributed by atoms with Crippen molar-refractivity contribution in [3.63, 3.8) is 0 Å². The molecule has 7 heteroatoms. The zero-order valence-electron chi connectivity index (χ0n) is 16.5. The molecule has 6 nitrogen and oxygen atoms in total. The first-order valence-corrected chi connectivity index (χ1v) is 11.2. The minimum Gasteiger partial charge on any atom is -0.451 e. The lowest BCUT2D eigenvalue weighted by Crippen LogP contribution is -2.41. The maximum atomic E-state index is 12.9. The molecular formula is C22H24N2O4S. The number of piperidine rings is 1. The van der Waals surface area contributed by atoms with Crippen molar-refractivity contribution >= 4 is 32.6 Å². The van der Waals surface area contributed by atoms with Gasteiger partial charge in [-0.25, -0.2) is 8.42 Å². The van der Waals surface area contributed by atoms with Gasteiger partial charge >= 0.3 is 0 Å². The van der Waals surface area contributed by atoms with E-state index in [9.17, 15) is 13.2 Å². The molecule has 2 aromatic carbocycles. The molecule has 0 spiro atoms. The Labute approximate surface area is 170 Å². The van der Waals surface area contributed by atoms with E-state index in [-0.39, 0.29) is 22.6 Å². The van der Waals surface area contributed by atoms with E-state index in [2.05, 4.69) is 5.32 Å². The van der Waals surface area contributed by atoms with Crippen LogP contribution in [0.15, 0.2) is 57.8 Å². The van der Waals surface area contributed by atoms with Crippen LogP contribution in [0, 0.1) is 6.92 Å². The number of hydrogen-bond donors (Lipinski definition) is 1. The number of rotatable bonds is 4. The van der Waals surface area contributed by atoms with E-state index >= 15 is 0 Å². The number of sulfonamides is 1. The predicted octanol–water partition coefficient (Wildman–Crippen LogP) is 4.56. The summed E-state index contributed by atoms with van der Waals surface area (Å²) < 4.78 is 33.1. The van der Waals surface area contributed by atoms with E-state index < -0.39 is 10.0 Å². The molecule has 152 valence electrons. The van der Waals surface area contributed by atoms with Crippen molar-refractivity contribution in [2.45, 2.75) is 44.0 Å². The average Bonchev–Trinajstić information content (AvgIpc) is 3.06. The fraction of sp³-hybridized carbons (Fsp3) is 0.318. The molecule has 1 amide bonds. The van der Waals surface area contributed by atoms with Crippen LogP contribution in [-0.4, -0.2) is 31.2 Å². The summed E-state index contributed by atoms with van der Waals surface area (Å²) in [6.07, 6.45) is 2.82. The molecule has 1 atom stereocenters. The zero-order valence-corrected chi connectivity index (χ0v) is 17.3. The van der Waals surface area contributed by atoms with Gasteiger partial charge in [0.25, 0.3) is 5.91 Å². The van der Waals surface area contributed by atoms with Gasteiger partial charge in [0.15, 0.2) is 5.76 Å². The lowest BCUT2D eigenvalue weighted by atomic mass is 10.1. The van der Waals surface area contributed by atoms with Crippen LogP contribution in [-0.2, 0) is 10.0 Å². The summed E-state index contributed by atoms with van der Waals surface area (Å²) in [5.74, 6) is -0.107. The van der Waals surface area contributed by atoms with Gasteiger partial charge in [0, 0.05) is 29.2 Å². The molecule has 29 heavy (non-hydrogen) atoms. The van der Waals surface area contributed by atoms with Crippen LogP contribution in [0.2, 0.25) is 0 Å². The summed E-state index contributed by atoms with van der Waals surface area (Å²) in [7, 11) is -3.53. The van der Waals surface area contributed by atoms with E-state index in [1.807, 2.05) is 38.1 Å². The van der Waals surface area contributed by atoms with Gasteiger partial charge < -0.3 is 9.73 Å². The first kappa shape index (κ1) is 19.7. The Hall–Kier alpha value is -2.64. The Kier molecular flexibility index (Phi) is 5.19. The van der Waals surface area contributed by atoms with Gasteiger partial charge in [0.05, 0.1) is 4.90 Å². The monoisotopic (exact) mass is 412 g/mol. The van der Waals surface area contributed by atoms with Crippen LogP contribution >= 0.6 is 0 Å². The second-order valence-corrected chi connectivity index (χ2v) is 9.38. The molecule has 1 aliphatic heterocycles. The van der Waals surface area contributed by atoms with Crippen LogP contribution < -0.4 is 5.32 Å². The first-order chi connectivity index (χ1) is 13.9. The van der Waals surface area contributed by atoms with Gasteiger partial charge in [0.1, 0.15) is 5.58 Å². The smallest absolute Gasteiger partial charge is 0.291 e. The first-order valence-electron chi connectivity index (χ1n) is 9.79. The quantitative estimate of drug-likeness (QED) is 0.681. The number of amides is 1. The van der Waals surface area contributed by atoms with Crippen LogP contribution in [0.5, 0.6) is 0 Å². The molecule has 0 bridgehead atoms. The molecule has 1 saturated heterocycles. The van der Waals surface area contributed by atoms with Crippen molar-refractivity contribution in [1.82, 2.24) is 4.31 Å². The van der Waals surface area contributed by atoms with Crippen LogP contribution in [0.1, 0.15) is 42.3 Å². The number of fused-ring (bicyclic) bond motifs is 1. The number of carbonyl (C=O) groups is 1. The van der Waals surface area contributed by atoms with E-state index in [4.69, 9.17) is 4.42 Å². The molecule has 2 heterocycles. The van der Waals surface area contributed by atoms with Gasteiger partial charge in [-0.05, 0) is 57.0 Å². The topological polar surface area (TPSA) is 79.6 Å². The summed E-state index contributed by atoms with van der Waals surface area (Å²) in [6, 6.07) is 13.8. The lowest BCUT2D eigenvalue weighted by Gasteiger charge is -2.32. The maximum absolute atomic E-state index is 12.9. The normalized spacial score (nSPS) is 18.1. The van der Waals surface area contributed by atoms with Crippen molar-refractivity contribution in [3.05, 3.63) is 59.9 Å². The molecule has 0 unspecified atom stereocenters. The van der Waals surface area contributed by atoms with Gasteiger partial charge in [-0.3, -0.25) is 4.79 Å². The number of carbonyl (C=O) groups excluding carboxylic acids is 1. The summed E-state index contributed by atoms with van der Waals surface area (Å²) in [5, 5.41) is 3.68. The highest BCUT2D eigenvalue weighted by Gasteiger charge is 2.30. The largest absolute Gasteiger partial charge is 0.451 e. The zero-order chi connectivity index (χ0) is 20.6. The third kappa shape index (κ3) is 3.68. The van der Waals surface area contributed by atoms with E-state index in [1.54, 1.807) is 16.4 Å². The molecule has 1 aliphatic rings. The van der Waals surface area contributed by atoms with Crippen molar-refractivity contribution in [2.75, 3.05) is 11.9 Å². The highest BCUT2D eigenvalue weighted by atomic mass is 32.2. The Balaban J connectivity index is 1.53. The maximum Gasteiger partial charge on any atom is 0.291 e. The molecule has 1 fully saturated rings. The summed E-state index contributed by atoms with van der Waals surface area (Å²) >= 11 is 0. The summed E-state index contributed by atoms with van der Waals surface area (Å²) in [4.78, 5) is 12.9. The Morgan fingerprint density at radius 1 is 1.10 bits per heavy atom. The predicted molar refractivity (Wildman–Crippen MR) is 113 cm³/mol. The molecule has 1 N–H and O–H groups in total. The highest BCUT2D eigenvalue weighted by molar-refractivity contribution is 7.89. The van der Waals surface area contributed by atoms with E-state index in [0.717, 1.165) is 30.2 Å². The second-order valence-electron chi connectivity index (χ2n) is 7.49. The molecule has 0 aliphatic carbocycles. The Morgan fingerprint density at radius 2 is 1.83 bits per heavy atom. The fourth-order valence-corrected chi connectivity index (χ4v) is 5.55. The Bertz CT molecular complexity index is 1150. The molecule has 1 aromatic heterocycles. The lowest BCUT2D eigenvalue weighted by molar-refractivity contribution is 0.0998. The van der Waals surface area contributed by atoms with Crippen molar-refractivity contribution in [2.24, 2.45) is 0 Å². The standard InChI is InChI=1S/C22H24N2O4S/c1-15-7-5-6-14-24(15)29(26,27)18-12-10-17(11-13-18)23-22(25)21-16(2)19-8-3-4-9-20(19)28-21/h3-4,8-13,15H,5-7,14H2,1-2H3,(H,23,25)/t15-/m1/s1. The number of furan rings is 1. The SMILES string of the molecule is Cc1c(C(=O)Nc2ccc(S(=O)(=O)N3CCCC[C@H]3C)cc2)oc2ccccc12. The van der Waals surface area contributed by atoms with Crippen molar-refractivity contribution in [1.29, 1.82) is 0 Å². The minimum absolute atomic E-state index is 0.00388. The molecule has 3 aromatic rings. The van der Waals surface area contributed by atoms with Crippen LogP contribution in [0.4, 0.5) is 5.69 Å². The number of nitrogens with one attached hydrogen (secondary N) is 1. The van der Waals surface area contributed by atoms with E-state index in [1.165, 1.54) is 12.1 Å². The molecule has 0 saturated carbocycles. The van der Waals surface area contributed by atoms with Gasteiger partial charge in [-0.1, -0.05) is 24.6 Å². The van der Waals surface area contributed by atoms with E-state index in [0.29, 0.717) is 17.8 Å². The number of nitrogens with zero attached hydrogens (tertiary/aromatic N) is 1. The van der Waals surface area contributed by atoms with Crippen LogP contribution in [0.3, 0.4) is 0 Å². The van der Waals surface area contributed by atoms with Gasteiger partial charge in [-0.2, -0.15) is 4.31 Å². The number of para-hydroxylation sites is 1. The van der Waals surface area contributed by atoms with Crippen molar-refractivity contribution in [3.8, 4) is 0 Å². The van der Waals surface area contributed by atoms with Crippen molar-refractivity contribution < 1.29 is 17.6 Å². The Morgan fingerprint density at radius 3 is 2.52 bits per heavy atom. The summed E-state index contributed by atoms with van der Waals surface area (Å²) in [5.41, 5.74) is 1.95. The number of anilines is 1. The number of benzene rings is 2. The fourth-order valence-electron chi connectivity index (χ4n) is 3.85. The summed E-state index contributed by atoms with van der Waals surface area (Å²) in [6.45, 7) is 4.34. The number of aryl methyl sites for hydroxylation is 1. The average molecular weight is 413 g/mol. The second kappa shape index (κ2) is 7.65. The highest BCUT2D eigenvalue weighted by Crippen LogP contribution is 2.27. The number of hydrogen-bond acceptors (Lipinski definition) is 4. The van der Waals surface area contributed by atoms with Gasteiger partial charge in [-0.15, -0.1) is 0 Å². The third-order valence-electron chi connectivity index (χ3n) is 5.51. The molecule has 4 rings (SSSR count). The molecular weight excluding hydrogens is 388 g/mol. The van der Waals surface area contributed by atoms with Crippen LogP contribution in [0.25, 0.3) is 11.0 Å².